The van der Waals surface area contributed by atoms with Crippen molar-refractivity contribution in [2.45, 2.75) is 31.6 Å². The quantitative estimate of drug-likeness (QED) is 0.667. The van der Waals surface area contributed by atoms with Crippen molar-refractivity contribution in [3.05, 3.63) is 54.0 Å². The molecule has 2 aliphatic heterocycles. The van der Waals surface area contributed by atoms with E-state index in [1.54, 1.807) is 25.7 Å². The highest BCUT2D eigenvalue weighted by Crippen LogP contribution is 2.42. The molecular formula is C21H27N3O3. The zero-order valence-electron chi connectivity index (χ0n) is 15.8. The summed E-state index contributed by atoms with van der Waals surface area (Å²) in [6.45, 7) is 5.08. The zero-order chi connectivity index (χ0) is 18.5. The third-order valence-electron chi connectivity index (χ3n) is 5.65. The Morgan fingerprint density at radius 2 is 2.07 bits per heavy atom. The van der Waals surface area contributed by atoms with Crippen LogP contribution in [0.2, 0.25) is 0 Å². The monoisotopic (exact) mass is 369 g/mol. The molecule has 6 heteroatoms. The molecule has 27 heavy (non-hydrogen) atoms. The van der Waals surface area contributed by atoms with Crippen molar-refractivity contribution >= 4 is 0 Å². The smallest absolute Gasteiger partial charge is 0.217 e. The van der Waals surface area contributed by atoms with E-state index < -0.39 is 0 Å². The number of hydrogen-bond acceptors (Lipinski definition) is 6. The second-order valence-corrected chi connectivity index (χ2v) is 7.41. The molecule has 1 spiro atoms. The Morgan fingerprint density at radius 3 is 2.89 bits per heavy atom. The van der Waals surface area contributed by atoms with Gasteiger partial charge in [0.15, 0.2) is 0 Å². The van der Waals surface area contributed by atoms with Gasteiger partial charge in [-0.2, -0.15) is 0 Å². The summed E-state index contributed by atoms with van der Waals surface area (Å²) >= 11 is 0. The van der Waals surface area contributed by atoms with Crippen LogP contribution in [0, 0.1) is 5.92 Å². The van der Waals surface area contributed by atoms with Crippen LogP contribution in [0.1, 0.15) is 24.0 Å². The molecule has 0 saturated carbocycles. The predicted molar refractivity (Wildman–Crippen MR) is 101 cm³/mol. The standard InChI is InChI=1S/C21H27N3O3/c1-25-20-18(3-2-8-23-20)13-24-15-21(16-24)19(7-12-27-21)6-11-26-14-17-4-9-22-10-5-17/h2-5,8-10,19H,6-7,11-16H2,1H3/t19-/m0/s1. The number of pyridine rings is 2. The molecule has 0 aliphatic carbocycles. The third kappa shape index (κ3) is 4.13. The van der Waals surface area contributed by atoms with Crippen molar-refractivity contribution in [1.82, 2.24) is 14.9 Å². The second-order valence-electron chi connectivity index (χ2n) is 7.41. The molecule has 2 saturated heterocycles. The molecule has 2 fully saturated rings. The molecule has 0 unspecified atom stereocenters. The van der Waals surface area contributed by atoms with Crippen LogP contribution in [-0.2, 0) is 22.6 Å². The molecule has 2 aliphatic rings. The average molecular weight is 369 g/mol. The lowest BCUT2D eigenvalue weighted by atomic mass is 9.79. The largest absolute Gasteiger partial charge is 0.481 e. The van der Waals surface area contributed by atoms with Gasteiger partial charge >= 0.3 is 0 Å². The lowest BCUT2D eigenvalue weighted by molar-refractivity contribution is -0.139. The van der Waals surface area contributed by atoms with Gasteiger partial charge in [-0.1, -0.05) is 6.07 Å². The molecule has 0 bridgehead atoms. The van der Waals surface area contributed by atoms with Gasteiger partial charge in [0.2, 0.25) is 5.88 Å². The van der Waals surface area contributed by atoms with Crippen LogP contribution < -0.4 is 4.74 Å². The summed E-state index contributed by atoms with van der Waals surface area (Å²) in [4.78, 5) is 10.7. The van der Waals surface area contributed by atoms with Crippen molar-refractivity contribution in [3.63, 3.8) is 0 Å². The minimum absolute atomic E-state index is 0.00940. The fourth-order valence-corrected chi connectivity index (χ4v) is 4.23. The minimum Gasteiger partial charge on any atom is -0.481 e. The molecule has 2 aromatic heterocycles. The van der Waals surface area contributed by atoms with Gasteiger partial charge in [0.1, 0.15) is 0 Å². The highest BCUT2D eigenvalue weighted by molar-refractivity contribution is 5.26. The Balaban J connectivity index is 1.24. The summed E-state index contributed by atoms with van der Waals surface area (Å²) in [6.07, 6.45) is 7.55. The van der Waals surface area contributed by atoms with Crippen LogP contribution in [0.4, 0.5) is 0 Å². The number of ether oxygens (including phenoxy) is 3. The van der Waals surface area contributed by atoms with E-state index in [-0.39, 0.29) is 5.60 Å². The molecule has 0 aromatic carbocycles. The fraction of sp³-hybridized carbons (Fsp3) is 0.524. The van der Waals surface area contributed by atoms with E-state index in [2.05, 4.69) is 20.9 Å². The molecule has 0 N–H and O–H groups in total. The Hall–Kier alpha value is -2.02. The summed E-state index contributed by atoms with van der Waals surface area (Å²) in [5, 5.41) is 0. The van der Waals surface area contributed by atoms with Gasteiger partial charge in [-0.25, -0.2) is 4.98 Å². The Bertz CT molecular complexity index is 734. The van der Waals surface area contributed by atoms with Crippen LogP contribution in [0.15, 0.2) is 42.9 Å². The van der Waals surface area contributed by atoms with E-state index in [1.807, 2.05) is 18.2 Å². The van der Waals surface area contributed by atoms with E-state index >= 15 is 0 Å². The van der Waals surface area contributed by atoms with E-state index in [4.69, 9.17) is 14.2 Å². The minimum atomic E-state index is 0.00940. The van der Waals surface area contributed by atoms with Gasteiger partial charge in [-0.15, -0.1) is 0 Å². The first kappa shape index (κ1) is 18.3. The van der Waals surface area contributed by atoms with Crippen LogP contribution in [0.5, 0.6) is 5.88 Å². The van der Waals surface area contributed by atoms with Crippen molar-refractivity contribution in [1.29, 1.82) is 0 Å². The summed E-state index contributed by atoms with van der Waals surface area (Å²) < 4.78 is 17.4. The van der Waals surface area contributed by atoms with Crippen molar-refractivity contribution in [2.24, 2.45) is 5.92 Å². The maximum atomic E-state index is 6.18. The first-order chi connectivity index (χ1) is 13.3. The lowest BCUT2D eigenvalue weighted by Crippen LogP contribution is -2.64. The number of nitrogens with zero attached hydrogens (tertiary/aromatic N) is 3. The van der Waals surface area contributed by atoms with E-state index in [9.17, 15) is 0 Å². The van der Waals surface area contributed by atoms with Crippen molar-refractivity contribution < 1.29 is 14.2 Å². The molecular weight excluding hydrogens is 342 g/mol. The van der Waals surface area contributed by atoms with Crippen LogP contribution >= 0.6 is 0 Å². The van der Waals surface area contributed by atoms with E-state index in [0.717, 1.165) is 51.3 Å². The number of hydrogen-bond donors (Lipinski definition) is 0. The first-order valence-electron chi connectivity index (χ1n) is 9.60. The van der Waals surface area contributed by atoms with Crippen LogP contribution in [0.3, 0.4) is 0 Å². The van der Waals surface area contributed by atoms with Gasteiger partial charge < -0.3 is 14.2 Å². The maximum absolute atomic E-state index is 6.18. The highest BCUT2D eigenvalue weighted by Gasteiger charge is 2.52. The van der Waals surface area contributed by atoms with Gasteiger partial charge in [-0.05, 0) is 42.5 Å². The van der Waals surface area contributed by atoms with E-state index in [1.165, 1.54) is 5.56 Å². The molecule has 4 rings (SSSR count). The number of rotatable bonds is 8. The van der Waals surface area contributed by atoms with Crippen molar-refractivity contribution in [3.8, 4) is 5.88 Å². The summed E-state index contributed by atoms with van der Waals surface area (Å²) in [6, 6.07) is 8.03. The topological polar surface area (TPSA) is 56.7 Å². The Morgan fingerprint density at radius 1 is 1.22 bits per heavy atom. The normalized spacial score (nSPS) is 21.3. The number of likely N-dealkylation sites (tertiary alicyclic amines) is 1. The zero-order valence-corrected chi connectivity index (χ0v) is 15.8. The Labute approximate surface area is 160 Å². The van der Waals surface area contributed by atoms with Gasteiger partial charge in [0, 0.05) is 57.0 Å². The predicted octanol–water partition coefficient (Wildman–Crippen LogP) is 2.68. The number of methoxy groups -OCH3 is 1. The molecule has 0 amide bonds. The van der Waals surface area contributed by atoms with Crippen LogP contribution in [-0.4, -0.2) is 53.9 Å². The summed E-state index contributed by atoms with van der Waals surface area (Å²) in [5.41, 5.74) is 2.31. The average Bonchev–Trinajstić information content (AvgIpc) is 3.10. The Kier molecular flexibility index (Phi) is 5.66. The SMILES string of the molecule is COc1ncccc1CN1CC2(C1)OCC[C@@H]2CCOCc1ccncc1. The lowest BCUT2D eigenvalue weighted by Gasteiger charge is -2.50. The van der Waals surface area contributed by atoms with Crippen LogP contribution in [0.25, 0.3) is 0 Å². The molecule has 0 radical (unpaired) electrons. The fourth-order valence-electron chi connectivity index (χ4n) is 4.23. The van der Waals surface area contributed by atoms with Crippen molar-refractivity contribution in [2.75, 3.05) is 33.4 Å². The highest BCUT2D eigenvalue weighted by atomic mass is 16.5. The summed E-state index contributed by atoms with van der Waals surface area (Å²) in [7, 11) is 1.67. The second kappa shape index (κ2) is 8.33. The third-order valence-corrected chi connectivity index (χ3v) is 5.65. The number of aromatic nitrogens is 2. The molecule has 4 heterocycles. The first-order valence-corrected chi connectivity index (χ1v) is 9.60. The molecule has 144 valence electrons. The van der Waals surface area contributed by atoms with Gasteiger partial charge in [0.25, 0.3) is 0 Å². The van der Waals surface area contributed by atoms with E-state index in [0.29, 0.717) is 18.4 Å². The maximum Gasteiger partial charge on any atom is 0.217 e. The summed E-state index contributed by atoms with van der Waals surface area (Å²) in [5.74, 6) is 1.29. The molecule has 2 aromatic rings. The molecule has 6 nitrogen and oxygen atoms in total. The molecule has 1 atom stereocenters. The van der Waals surface area contributed by atoms with Gasteiger partial charge in [0.05, 0.1) is 19.3 Å². The van der Waals surface area contributed by atoms with Gasteiger partial charge in [-0.3, -0.25) is 9.88 Å².